The van der Waals surface area contributed by atoms with Crippen molar-refractivity contribution < 1.29 is 8.42 Å². The summed E-state index contributed by atoms with van der Waals surface area (Å²) in [5.74, 6) is 0.832. The highest BCUT2D eigenvalue weighted by atomic mass is 35.5. The SMILES string of the molecule is Cc1nc(-c2ccc(NS(=O)(=O)c3cc(Cl)ccc3C#N)cc2)nc2n[nH]c(N)c12. The first kappa shape index (κ1) is 19.6. The Hall–Kier alpha value is -3.68. The Morgan fingerprint density at radius 2 is 1.90 bits per heavy atom. The Kier molecular flexibility index (Phi) is 4.77. The third-order valence-electron chi connectivity index (χ3n) is 4.37. The zero-order chi connectivity index (χ0) is 21.5. The molecular weight excluding hydrogens is 426 g/mol. The lowest BCUT2D eigenvalue weighted by molar-refractivity contribution is 0.601. The third kappa shape index (κ3) is 3.52. The lowest BCUT2D eigenvalue weighted by Gasteiger charge is -2.10. The number of aryl methyl sites for hydroxylation is 1. The van der Waals surface area contributed by atoms with Gasteiger partial charge in [-0.2, -0.15) is 10.4 Å². The van der Waals surface area contributed by atoms with Crippen LogP contribution in [-0.4, -0.2) is 28.6 Å². The van der Waals surface area contributed by atoms with Gasteiger partial charge in [0.1, 0.15) is 16.8 Å². The van der Waals surface area contributed by atoms with Crippen molar-refractivity contribution in [3.63, 3.8) is 0 Å². The number of sulfonamides is 1. The molecule has 2 aromatic heterocycles. The number of nitrogens with two attached hydrogens (primary N) is 1. The minimum absolute atomic E-state index is 0.000950. The second kappa shape index (κ2) is 7.29. The summed E-state index contributed by atoms with van der Waals surface area (Å²) in [5, 5.41) is 16.8. The topological polar surface area (TPSA) is 150 Å². The summed E-state index contributed by atoms with van der Waals surface area (Å²) in [7, 11) is -4.01. The van der Waals surface area contributed by atoms with Crippen molar-refractivity contribution in [2.75, 3.05) is 10.5 Å². The Bertz CT molecular complexity index is 1420. The summed E-state index contributed by atoms with van der Waals surface area (Å²) < 4.78 is 27.9. The van der Waals surface area contributed by atoms with Crippen molar-refractivity contribution in [1.29, 1.82) is 5.26 Å². The van der Waals surface area contributed by atoms with Crippen LogP contribution in [0.25, 0.3) is 22.4 Å². The molecule has 0 saturated carbocycles. The molecule has 9 nitrogen and oxygen atoms in total. The minimum atomic E-state index is -4.01. The Morgan fingerprint density at radius 1 is 1.17 bits per heavy atom. The molecule has 2 heterocycles. The van der Waals surface area contributed by atoms with Crippen molar-refractivity contribution in [2.24, 2.45) is 0 Å². The van der Waals surface area contributed by atoms with E-state index in [0.29, 0.717) is 39.6 Å². The summed E-state index contributed by atoms with van der Waals surface area (Å²) in [6.07, 6.45) is 0. The molecule has 4 N–H and O–H groups in total. The standard InChI is InChI=1S/C19H14ClN7O2S/c1-10-16-17(22)25-26-19(16)24-18(23-10)11-3-6-14(7-4-11)27-30(28,29)15-8-13(20)5-2-12(15)9-21/h2-8,27H,1H3,(H3,22,23,24,25,26). The fraction of sp³-hybridized carbons (Fsp3) is 0.0526. The quantitative estimate of drug-likeness (QED) is 0.441. The van der Waals surface area contributed by atoms with E-state index in [1.165, 1.54) is 18.2 Å². The van der Waals surface area contributed by atoms with Crippen LogP contribution in [0.5, 0.6) is 0 Å². The molecule has 0 amide bonds. The first-order valence-electron chi connectivity index (χ1n) is 8.59. The van der Waals surface area contributed by atoms with Gasteiger partial charge in [0.05, 0.1) is 16.6 Å². The molecule has 0 aliphatic rings. The normalized spacial score (nSPS) is 11.4. The number of nitriles is 1. The second-order valence-electron chi connectivity index (χ2n) is 6.40. The smallest absolute Gasteiger partial charge is 0.263 e. The maximum Gasteiger partial charge on any atom is 0.263 e. The first-order valence-corrected chi connectivity index (χ1v) is 10.5. The van der Waals surface area contributed by atoms with Crippen LogP contribution in [-0.2, 0) is 10.0 Å². The number of benzene rings is 2. The highest BCUT2D eigenvalue weighted by molar-refractivity contribution is 7.92. The van der Waals surface area contributed by atoms with Crippen LogP contribution in [0.15, 0.2) is 47.4 Å². The lowest BCUT2D eigenvalue weighted by Crippen LogP contribution is -2.14. The lowest BCUT2D eigenvalue weighted by atomic mass is 10.2. The molecule has 2 aromatic carbocycles. The van der Waals surface area contributed by atoms with Crippen LogP contribution in [0.1, 0.15) is 11.3 Å². The van der Waals surface area contributed by atoms with Gasteiger partial charge in [0.2, 0.25) is 0 Å². The summed E-state index contributed by atoms with van der Waals surface area (Å²) >= 11 is 5.90. The number of fused-ring (bicyclic) bond motifs is 1. The minimum Gasteiger partial charge on any atom is -0.383 e. The Labute approximate surface area is 176 Å². The Morgan fingerprint density at radius 3 is 2.60 bits per heavy atom. The maximum absolute atomic E-state index is 12.7. The number of aromatic nitrogens is 4. The molecule has 0 unspecified atom stereocenters. The first-order chi connectivity index (χ1) is 14.3. The van der Waals surface area contributed by atoms with Gasteiger partial charge in [-0.1, -0.05) is 11.6 Å². The molecule has 0 fully saturated rings. The molecule has 11 heteroatoms. The molecule has 4 aromatic rings. The summed E-state index contributed by atoms with van der Waals surface area (Å²) in [5.41, 5.74) is 7.94. The zero-order valence-corrected chi connectivity index (χ0v) is 17.1. The second-order valence-corrected chi connectivity index (χ2v) is 8.49. The van der Waals surface area contributed by atoms with E-state index in [2.05, 4.69) is 24.9 Å². The number of nitrogens with one attached hydrogen (secondary N) is 2. The van der Waals surface area contributed by atoms with E-state index in [1.54, 1.807) is 31.2 Å². The fourth-order valence-electron chi connectivity index (χ4n) is 2.96. The number of halogens is 1. The molecule has 30 heavy (non-hydrogen) atoms. The Balaban J connectivity index is 1.65. The molecule has 0 radical (unpaired) electrons. The number of hydrogen-bond donors (Lipinski definition) is 3. The third-order valence-corrected chi connectivity index (χ3v) is 6.03. The number of anilines is 2. The number of rotatable bonds is 4. The molecule has 0 aliphatic heterocycles. The highest BCUT2D eigenvalue weighted by Gasteiger charge is 2.20. The molecule has 0 aliphatic carbocycles. The average Bonchev–Trinajstić information content (AvgIpc) is 3.09. The average molecular weight is 440 g/mol. The largest absolute Gasteiger partial charge is 0.383 e. The molecule has 0 saturated heterocycles. The van der Waals surface area contributed by atoms with Gasteiger partial charge in [0.25, 0.3) is 10.0 Å². The van der Waals surface area contributed by atoms with Gasteiger partial charge in [0.15, 0.2) is 11.5 Å². The number of nitrogens with zero attached hydrogens (tertiary/aromatic N) is 4. The van der Waals surface area contributed by atoms with Crippen molar-refractivity contribution in [2.45, 2.75) is 11.8 Å². The van der Waals surface area contributed by atoms with E-state index in [4.69, 9.17) is 17.3 Å². The van der Waals surface area contributed by atoms with Crippen LogP contribution >= 0.6 is 11.6 Å². The highest BCUT2D eigenvalue weighted by Crippen LogP contribution is 2.26. The molecule has 0 bridgehead atoms. The molecule has 0 atom stereocenters. The van der Waals surface area contributed by atoms with Crippen molar-refractivity contribution in [1.82, 2.24) is 20.2 Å². The van der Waals surface area contributed by atoms with E-state index < -0.39 is 10.0 Å². The monoisotopic (exact) mass is 439 g/mol. The van der Waals surface area contributed by atoms with E-state index in [0.717, 1.165) is 0 Å². The number of H-pyrrole nitrogens is 1. The predicted octanol–water partition coefficient (Wildman–Crippen LogP) is 3.24. The maximum atomic E-state index is 12.7. The van der Waals surface area contributed by atoms with E-state index in [9.17, 15) is 13.7 Å². The van der Waals surface area contributed by atoms with Crippen molar-refractivity contribution in [3.05, 3.63) is 58.7 Å². The van der Waals surface area contributed by atoms with Crippen LogP contribution in [0.2, 0.25) is 5.02 Å². The van der Waals surface area contributed by atoms with Crippen LogP contribution in [0.4, 0.5) is 11.5 Å². The van der Waals surface area contributed by atoms with Crippen LogP contribution in [0, 0.1) is 18.3 Å². The molecular formula is C19H14ClN7O2S. The van der Waals surface area contributed by atoms with Gasteiger partial charge in [-0.15, -0.1) is 0 Å². The van der Waals surface area contributed by atoms with E-state index in [-0.39, 0.29) is 15.5 Å². The van der Waals surface area contributed by atoms with E-state index >= 15 is 0 Å². The summed E-state index contributed by atoms with van der Waals surface area (Å²) in [6.45, 7) is 1.81. The molecule has 0 spiro atoms. The van der Waals surface area contributed by atoms with Gasteiger partial charge in [-0.25, -0.2) is 18.4 Å². The summed E-state index contributed by atoms with van der Waals surface area (Å²) in [6, 6.07) is 12.4. The van der Waals surface area contributed by atoms with Crippen molar-refractivity contribution in [3.8, 4) is 17.5 Å². The van der Waals surface area contributed by atoms with Gasteiger partial charge < -0.3 is 5.73 Å². The van der Waals surface area contributed by atoms with Crippen molar-refractivity contribution >= 4 is 44.2 Å². The number of nitrogen functional groups attached to an aromatic ring is 1. The van der Waals surface area contributed by atoms with Gasteiger partial charge in [0, 0.05) is 16.3 Å². The molecule has 150 valence electrons. The van der Waals surface area contributed by atoms with Gasteiger partial charge in [-0.05, 0) is 49.4 Å². The van der Waals surface area contributed by atoms with Gasteiger partial charge >= 0.3 is 0 Å². The number of hydrogen-bond acceptors (Lipinski definition) is 7. The fourth-order valence-corrected chi connectivity index (χ4v) is 4.44. The van der Waals surface area contributed by atoms with Crippen LogP contribution < -0.4 is 10.5 Å². The summed E-state index contributed by atoms with van der Waals surface area (Å²) in [4.78, 5) is 8.64. The number of aromatic amines is 1. The van der Waals surface area contributed by atoms with E-state index in [1.807, 2.05) is 6.07 Å². The predicted molar refractivity (Wildman–Crippen MR) is 113 cm³/mol. The molecule has 4 rings (SSSR count). The zero-order valence-electron chi connectivity index (χ0n) is 15.5. The van der Waals surface area contributed by atoms with Gasteiger partial charge in [-0.3, -0.25) is 9.82 Å². The van der Waals surface area contributed by atoms with Crippen LogP contribution in [0.3, 0.4) is 0 Å².